The van der Waals surface area contributed by atoms with Crippen molar-refractivity contribution in [2.75, 3.05) is 49.2 Å². The van der Waals surface area contributed by atoms with Crippen molar-refractivity contribution in [2.24, 2.45) is 0 Å². The highest BCUT2D eigenvalue weighted by molar-refractivity contribution is 6.30. The van der Waals surface area contributed by atoms with Gasteiger partial charge in [-0.05, 0) is 47.0 Å². The molecule has 0 bridgehead atoms. The molecule has 2 aromatic carbocycles. The predicted molar refractivity (Wildman–Crippen MR) is 207 cm³/mol. The summed E-state index contributed by atoms with van der Waals surface area (Å²) in [5.41, 5.74) is -5.85. The standard InChI is InChI=1S/C40H30Cl2F8N8O6/c41-25-8-28(43)32(51-11-25)55-15-30(59)57(13-21-1-4-24(5-2-21)39(45,46)47)37(34(55)61)17-54(18-37)36(63)53-10-23-7-22(3-6-27(23)40(48,49)50)14-58-31(60)16-56(35(62)38(58)19-64-20-38)33-29(44)9-26(42)12-52-33/h1-9,11-12H,10,13-20H2,(H,53,63). The van der Waals surface area contributed by atoms with E-state index in [0.29, 0.717) is 0 Å². The Morgan fingerprint density at radius 3 is 1.69 bits per heavy atom. The number of aromatic nitrogens is 2. The van der Waals surface area contributed by atoms with Crippen molar-refractivity contribution in [3.05, 3.63) is 116 Å². The summed E-state index contributed by atoms with van der Waals surface area (Å²) in [6, 6.07) is 7.45. The highest BCUT2D eigenvalue weighted by atomic mass is 35.5. The zero-order valence-electron chi connectivity index (χ0n) is 32.6. The molecule has 2 aromatic heterocycles. The minimum absolute atomic E-state index is 0.0575. The number of benzene rings is 2. The van der Waals surface area contributed by atoms with E-state index in [1.165, 1.54) is 0 Å². The summed E-state index contributed by atoms with van der Waals surface area (Å²) in [7, 11) is 0. The van der Waals surface area contributed by atoms with Crippen LogP contribution in [0.5, 0.6) is 0 Å². The third kappa shape index (κ3) is 7.91. The quantitative estimate of drug-likeness (QED) is 0.225. The second-order valence-corrected chi connectivity index (χ2v) is 16.3. The van der Waals surface area contributed by atoms with Gasteiger partial charge in [-0.1, -0.05) is 47.5 Å². The number of halogens is 10. The third-order valence-electron chi connectivity index (χ3n) is 11.3. The second kappa shape index (κ2) is 16.1. The van der Waals surface area contributed by atoms with Crippen molar-refractivity contribution in [3.63, 3.8) is 0 Å². The number of alkyl halides is 6. The van der Waals surface area contributed by atoms with E-state index in [4.69, 9.17) is 27.9 Å². The van der Waals surface area contributed by atoms with Crippen molar-refractivity contribution >= 4 is 64.5 Å². The van der Waals surface area contributed by atoms with E-state index in [1.807, 2.05) is 0 Å². The van der Waals surface area contributed by atoms with Crippen molar-refractivity contribution in [3.8, 4) is 0 Å². The van der Waals surface area contributed by atoms with Crippen LogP contribution in [0.1, 0.15) is 27.8 Å². The van der Waals surface area contributed by atoms with Crippen LogP contribution in [0.2, 0.25) is 10.0 Å². The van der Waals surface area contributed by atoms with Crippen LogP contribution >= 0.6 is 23.2 Å². The van der Waals surface area contributed by atoms with Crippen LogP contribution in [0.25, 0.3) is 0 Å². The van der Waals surface area contributed by atoms with Gasteiger partial charge in [-0.2, -0.15) is 26.3 Å². The SMILES string of the molecule is O=C(NCc1cc(CN2C(=O)CN(c3ncc(Cl)cc3F)C(=O)C23COC3)ccc1C(F)(F)F)N1CC2(C1)C(=O)N(c1ncc(Cl)cc1F)CC(=O)N2Cc1ccc(C(F)(F)F)cc1. The van der Waals surface area contributed by atoms with Crippen LogP contribution in [0.15, 0.2) is 67.0 Å². The fourth-order valence-corrected chi connectivity index (χ4v) is 8.34. The van der Waals surface area contributed by atoms with Crippen molar-refractivity contribution in [2.45, 2.75) is 43.1 Å². The number of carbonyl (C=O) groups excluding carboxylic acids is 5. The fourth-order valence-electron chi connectivity index (χ4n) is 8.05. The Kier molecular flexibility index (Phi) is 11.2. The maximum absolute atomic E-state index is 15.1. The number of carbonyl (C=O) groups is 5. The highest BCUT2D eigenvalue weighted by Crippen LogP contribution is 2.40. The van der Waals surface area contributed by atoms with Gasteiger partial charge in [0.05, 0.1) is 47.5 Å². The molecule has 2 spiro atoms. The minimum atomic E-state index is -4.93. The summed E-state index contributed by atoms with van der Waals surface area (Å²) < 4.78 is 118. The van der Waals surface area contributed by atoms with Gasteiger partial charge in [0.15, 0.2) is 34.3 Å². The first-order valence-electron chi connectivity index (χ1n) is 18.9. The fraction of sp³-hybridized carbons (Fsp3) is 0.325. The van der Waals surface area contributed by atoms with E-state index in [9.17, 15) is 54.7 Å². The van der Waals surface area contributed by atoms with E-state index < -0.39 is 139 Å². The second-order valence-electron chi connectivity index (χ2n) is 15.4. The molecule has 4 aliphatic heterocycles. The Morgan fingerprint density at radius 2 is 1.20 bits per heavy atom. The first kappa shape index (κ1) is 44.5. The van der Waals surface area contributed by atoms with Crippen LogP contribution in [-0.4, -0.2) is 105 Å². The van der Waals surface area contributed by atoms with Crippen molar-refractivity contribution in [1.29, 1.82) is 0 Å². The van der Waals surface area contributed by atoms with E-state index in [1.54, 1.807) is 0 Å². The Labute approximate surface area is 366 Å². The van der Waals surface area contributed by atoms with Gasteiger partial charge < -0.3 is 24.8 Å². The van der Waals surface area contributed by atoms with Crippen LogP contribution in [0.4, 0.5) is 51.6 Å². The zero-order valence-corrected chi connectivity index (χ0v) is 34.1. The average molecular weight is 942 g/mol. The van der Waals surface area contributed by atoms with Gasteiger partial charge in [-0.25, -0.2) is 23.5 Å². The maximum Gasteiger partial charge on any atom is 0.416 e. The van der Waals surface area contributed by atoms with Crippen LogP contribution < -0.4 is 15.1 Å². The van der Waals surface area contributed by atoms with Gasteiger partial charge in [-0.3, -0.25) is 29.0 Å². The lowest BCUT2D eigenvalue weighted by atomic mass is 9.83. The largest absolute Gasteiger partial charge is 0.416 e. The molecule has 0 atom stereocenters. The number of likely N-dealkylation sites (tertiary alicyclic amines) is 1. The average Bonchev–Trinajstić information content (AvgIpc) is 3.18. The summed E-state index contributed by atoms with van der Waals surface area (Å²) in [5, 5.41) is 2.20. The number of pyridine rings is 2. The molecule has 64 heavy (non-hydrogen) atoms. The number of hydrogen-bond acceptors (Lipinski definition) is 8. The Balaban J connectivity index is 1.01. The molecule has 336 valence electrons. The summed E-state index contributed by atoms with van der Waals surface area (Å²) in [5.74, 6) is -6.17. The molecule has 0 unspecified atom stereocenters. The molecule has 14 nitrogen and oxygen atoms in total. The normalized spacial score (nSPS) is 18.5. The molecule has 4 aliphatic rings. The lowest BCUT2D eigenvalue weighted by molar-refractivity contribution is -0.184. The first-order chi connectivity index (χ1) is 30.1. The molecule has 24 heteroatoms. The molecule has 1 N–H and O–H groups in total. The molecule has 0 radical (unpaired) electrons. The monoisotopic (exact) mass is 940 g/mol. The zero-order chi connectivity index (χ0) is 46.1. The summed E-state index contributed by atoms with van der Waals surface area (Å²) >= 11 is 11.6. The van der Waals surface area contributed by atoms with Crippen molar-refractivity contribution in [1.82, 2.24) is 30.0 Å². The highest BCUT2D eigenvalue weighted by Gasteiger charge is 2.62. The van der Waals surface area contributed by atoms with Gasteiger partial charge in [-0.15, -0.1) is 0 Å². The predicted octanol–water partition coefficient (Wildman–Crippen LogP) is 5.58. The number of rotatable bonds is 8. The smallest absolute Gasteiger partial charge is 0.375 e. The molecule has 0 aliphatic carbocycles. The molecule has 0 saturated carbocycles. The van der Waals surface area contributed by atoms with Crippen molar-refractivity contribution < 1.29 is 63.8 Å². The van der Waals surface area contributed by atoms with E-state index in [0.717, 1.165) is 91.5 Å². The lowest BCUT2D eigenvalue weighted by Gasteiger charge is -2.57. The summed E-state index contributed by atoms with van der Waals surface area (Å²) in [6.07, 6.45) is -7.48. The minimum Gasteiger partial charge on any atom is -0.375 e. The topological polar surface area (TPSA) is 149 Å². The molecule has 8 rings (SSSR count). The van der Waals surface area contributed by atoms with Gasteiger partial charge in [0.1, 0.15) is 13.1 Å². The maximum atomic E-state index is 15.1. The lowest BCUT2D eigenvalue weighted by Crippen LogP contribution is -2.81. The molecule has 4 saturated heterocycles. The molecule has 4 aromatic rings. The summed E-state index contributed by atoms with van der Waals surface area (Å²) in [4.78, 5) is 81.3. The van der Waals surface area contributed by atoms with E-state index in [2.05, 4.69) is 15.3 Å². The third-order valence-corrected chi connectivity index (χ3v) is 11.8. The molecule has 6 amide bonds. The Hall–Kier alpha value is -6.13. The Bertz CT molecular complexity index is 2590. The van der Waals surface area contributed by atoms with Gasteiger partial charge in [0.2, 0.25) is 11.8 Å². The number of hydrogen-bond donors (Lipinski definition) is 1. The Morgan fingerprint density at radius 1 is 0.703 bits per heavy atom. The van der Waals surface area contributed by atoms with Crippen LogP contribution in [-0.2, 0) is 55.9 Å². The number of piperazine rings is 2. The van der Waals surface area contributed by atoms with Crippen LogP contribution in [0, 0.1) is 11.6 Å². The number of amides is 6. The number of anilines is 2. The van der Waals surface area contributed by atoms with Crippen LogP contribution in [0.3, 0.4) is 0 Å². The number of nitrogens with one attached hydrogen (secondary N) is 1. The van der Waals surface area contributed by atoms with E-state index >= 15 is 4.39 Å². The molecular formula is C40H30Cl2F8N8O6. The van der Waals surface area contributed by atoms with Gasteiger partial charge in [0, 0.05) is 32.0 Å². The molecule has 4 fully saturated rings. The van der Waals surface area contributed by atoms with Gasteiger partial charge in [0.25, 0.3) is 11.8 Å². The number of urea groups is 1. The number of nitrogens with zero attached hydrogens (tertiary/aromatic N) is 7. The molecular weight excluding hydrogens is 911 g/mol. The summed E-state index contributed by atoms with van der Waals surface area (Å²) in [6.45, 7) is -4.69. The first-order valence-corrected chi connectivity index (χ1v) is 19.7. The number of ether oxygens (including phenoxy) is 1. The molecule has 6 heterocycles. The van der Waals surface area contributed by atoms with Gasteiger partial charge >= 0.3 is 18.4 Å². The van der Waals surface area contributed by atoms with E-state index in [-0.39, 0.29) is 34.4 Å².